The monoisotopic (exact) mass is 571 g/mol. The van der Waals surface area contributed by atoms with E-state index in [0.29, 0.717) is 12.4 Å². The first-order chi connectivity index (χ1) is 21.2. The van der Waals surface area contributed by atoms with E-state index in [1.54, 1.807) is 0 Å². The molecule has 1 saturated heterocycles. The lowest BCUT2D eigenvalue weighted by molar-refractivity contribution is -0.205. The summed E-state index contributed by atoms with van der Waals surface area (Å²) in [6.07, 6.45) is 10.7. The lowest BCUT2D eigenvalue weighted by atomic mass is 9.48. The molecule has 218 valence electrons. The van der Waals surface area contributed by atoms with Gasteiger partial charge in [0.25, 0.3) is 0 Å². The quantitative estimate of drug-likeness (QED) is 0.254. The summed E-state index contributed by atoms with van der Waals surface area (Å²) in [5, 5.41) is 11.1. The normalized spacial score (nSPS) is 28.2. The zero-order valence-electron chi connectivity index (χ0n) is 24.4. The lowest BCUT2D eigenvalue weighted by Crippen LogP contribution is -2.75. The Morgan fingerprint density at radius 2 is 1.88 bits per heavy atom. The van der Waals surface area contributed by atoms with Crippen LogP contribution in [-0.4, -0.2) is 51.3 Å². The average Bonchev–Trinajstić information content (AvgIpc) is 3.79. The van der Waals surface area contributed by atoms with E-state index in [1.165, 1.54) is 35.1 Å². The van der Waals surface area contributed by atoms with E-state index >= 15 is 0 Å². The van der Waals surface area contributed by atoms with Crippen LogP contribution in [0.25, 0.3) is 11.3 Å². The highest BCUT2D eigenvalue weighted by atomic mass is 16.5. The maximum atomic E-state index is 11.1. The molecule has 2 aromatic carbocycles. The van der Waals surface area contributed by atoms with Crippen molar-refractivity contribution in [1.82, 2.24) is 14.9 Å². The van der Waals surface area contributed by atoms with Gasteiger partial charge in [0.2, 0.25) is 0 Å². The average molecular weight is 572 g/mol. The summed E-state index contributed by atoms with van der Waals surface area (Å²) >= 11 is 0. The van der Waals surface area contributed by atoms with Crippen LogP contribution in [0.15, 0.2) is 79.1 Å². The number of aromatic nitrogens is 2. The molecule has 6 heteroatoms. The highest BCUT2D eigenvalue weighted by Crippen LogP contribution is 2.69. The SMILES string of the molecule is Oc1ccc2c3c1O[C@H]1c4ncc(-c5ccccn5)cc4C[C@@]4(OCCCc5ccccc5)[C@@H](C2)N(CC2CC2)CC[C@]314. The number of piperidine rings is 1. The Morgan fingerprint density at radius 1 is 1.00 bits per heavy atom. The van der Waals surface area contributed by atoms with Crippen molar-refractivity contribution >= 4 is 0 Å². The highest BCUT2D eigenvalue weighted by Gasteiger charge is 2.73. The zero-order valence-corrected chi connectivity index (χ0v) is 24.4. The minimum atomic E-state index is -0.481. The molecule has 2 aromatic heterocycles. The van der Waals surface area contributed by atoms with Gasteiger partial charge in [0.1, 0.15) is 5.60 Å². The summed E-state index contributed by atoms with van der Waals surface area (Å²) in [7, 11) is 0. The number of hydrogen-bond acceptors (Lipinski definition) is 6. The van der Waals surface area contributed by atoms with Crippen LogP contribution >= 0.6 is 0 Å². The third-order valence-electron chi connectivity index (χ3n) is 11.0. The van der Waals surface area contributed by atoms with Gasteiger partial charge in [-0.15, -0.1) is 0 Å². The maximum Gasteiger partial charge on any atom is 0.166 e. The molecule has 0 amide bonds. The Morgan fingerprint density at radius 3 is 2.72 bits per heavy atom. The van der Waals surface area contributed by atoms with Gasteiger partial charge in [0.05, 0.1) is 16.8 Å². The number of hydrogen-bond donors (Lipinski definition) is 1. The minimum absolute atomic E-state index is 0.228. The fraction of sp³-hybridized carbons (Fsp3) is 0.405. The van der Waals surface area contributed by atoms with Gasteiger partial charge < -0.3 is 14.6 Å². The Bertz CT molecular complexity index is 1690. The molecule has 4 heterocycles. The highest BCUT2D eigenvalue weighted by molar-refractivity contribution is 5.66. The molecule has 43 heavy (non-hydrogen) atoms. The van der Waals surface area contributed by atoms with Crippen molar-refractivity contribution in [2.75, 3.05) is 19.7 Å². The minimum Gasteiger partial charge on any atom is -0.504 e. The largest absolute Gasteiger partial charge is 0.504 e. The van der Waals surface area contributed by atoms with Crippen LogP contribution in [0.5, 0.6) is 11.5 Å². The molecular formula is C37H37N3O3. The van der Waals surface area contributed by atoms with Crippen LogP contribution < -0.4 is 4.74 Å². The standard InChI is InChI=1S/C37H37N3O3/c41-30-14-13-26-20-31-37(42-18-6-9-24-7-2-1-3-8-24)21-27-19-28(29-10-4-5-16-38-29)22-39-33(27)35-36(37,32(26)34(30)43-35)15-17-40(31)23-25-11-12-25/h1-5,7-8,10,13-14,16,19,22,25,31,35,41H,6,9,11-12,15,17-18,20-21,23H2/t31-,35+,36+,37-/m1/s1. The number of aryl methyl sites for hydroxylation is 1. The smallest absolute Gasteiger partial charge is 0.166 e. The van der Waals surface area contributed by atoms with Crippen LogP contribution in [0.4, 0.5) is 0 Å². The predicted molar refractivity (Wildman–Crippen MR) is 164 cm³/mol. The second-order valence-electron chi connectivity index (χ2n) is 13.3. The second-order valence-corrected chi connectivity index (χ2v) is 13.3. The molecule has 1 spiro atoms. The van der Waals surface area contributed by atoms with E-state index in [9.17, 15) is 5.11 Å². The van der Waals surface area contributed by atoms with E-state index in [-0.39, 0.29) is 17.9 Å². The van der Waals surface area contributed by atoms with Gasteiger partial charge in [-0.3, -0.25) is 14.9 Å². The molecule has 1 saturated carbocycles. The van der Waals surface area contributed by atoms with Crippen molar-refractivity contribution in [3.8, 4) is 22.8 Å². The van der Waals surface area contributed by atoms with E-state index in [2.05, 4.69) is 52.3 Å². The van der Waals surface area contributed by atoms with Crippen LogP contribution in [0, 0.1) is 5.92 Å². The molecule has 2 bridgehead atoms. The molecular weight excluding hydrogens is 534 g/mol. The van der Waals surface area contributed by atoms with Gasteiger partial charge in [0.15, 0.2) is 17.6 Å². The summed E-state index contributed by atoms with van der Waals surface area (Å²) < 4.78 is 14.3. The number of phenols is 1. The molecule has 2 fully saturated rings. The molecule has 4 atom stereocenters. The topological polar surface area (TPSA) is 67.7 Å². The summed E-state index contributed by atoms with van der Waals surface area (Å²) in [6.45, 7) is 2.84. The van der Waals surface area contributed by atoms with Crippen LogP contribution in [0.2, 0.25) is 0 Å². The number of ether oxygens (including phenoxy) is 2. The fourth-order valence-corrected chi connectivity index (χ4v) is 8.93. The van der Waals surface area contributed by atoms with Gasteiger partial charge in [-0.25, -0.2) is 0 Å². The van der Waals surface area contributed by atoms with Crippen molar-refractivity contribution in [2.24, 2.45) is 5.92 Å². The molecule has 6 nitrogen and oxygen atoms in total. The first-order valence-electron chi connectivity index (χ1n) is 16.0. The molecule has 0 unspecified atom stereocenters. The maximum absolute atomic E-state index is 11.1. The summed E-state index contributed by atoms with van der Waals surface area (Å²) in [4.78, 5) is 12.5. The third kappa shape index (κ3) is 3.79. The molecule has 3 aliphatic carbocycles. The second kappa shape index (κ2) is 9.63. The number of aromatic hydroxyl groups is 1. The first kappa shape index (κ1) is 25.7. The number of benzene rings is 2. The van der Waals surface area contributed by atoms with Crippen LogP contribution in [0.3, 0.4) is 0 Å². The third-order valence-corrected chi connectivity index (χ3v) is 11.0. The van der Waals surface area contributed by atoms with Gasteiger partial charge >= 0.3 is 0 Å². The number of fused-ring (bicyclic) bond motifs is 2. The molecule has 0 radical (unpaired) electrons. The number of pyridine rings is 2. The van der Waals surface area contributed by atoms with Crippen molar-refractivity contribution < 1.29 is 14.6 Å². The van der Waals surface area contributed by atoms with Crippen molar-refractivity contribution in [3.63, 3.8) is 0 Å². The Hall–Kier alpha value is -3.74. The Balaban J connectivity index is 1.19. The number of likely N-dealkylation sites (tertiary alicyclic amines) is 1. The first-order valence-corrected chi connectivity index (χ1v) is 16.0. The summed E-state index contributed by atoms with van der Waals surface area (Å²) in [5.74, 6) is 1.67. The Kier molecular flexibility index (Phi) is 5.76. The van der Waals surface area contributed by atoms with Gasteiger partial charge in [-0.05, 0) is 91.9 Å². The zero-order chi connectivity index (χ0) is 28.6. The van der Waals surface area contributed by atoms with E-state index in [1.807, 2.05) is 36.7 Å². The van der Waals surface area contributed by atoms with Crippen molar-refractivity contribution in [1.29, 1.82) is 0 Å². The van der Waals surface area contributed by atoms with Crippen molar-refractivity contribution in [3.05, 3.63) is 107 Å². The number of rotatable bonds is 8. The number of phenolic OH excluding ortho intramolecular Hbond substituents is 1. The molecule has 9 rings (SSSR count). The van der Waals surface area contributed by atoms with E-state index < -0.39 is 11.0 Å². The van der Waals surface area contributed by atoms with Gasteiger partial charge in [-0.1, -0.05) is 42.5 Å². The Labute approximate surface area is 252 Å². The van der Waals surface area contributed by atoms with E-state index in [0.717, 1.165) is 68.1 Å². The van der Waals surface area contributed by atoms with Gasteiger partial charge in [0, 0.05) is 49.1 Å². The fourth-order valence-electron chi connectivity index (χ4n) is 8.93. The van der Waals surface area contributed by atoms with Gasteiger partial charge in [-0.2, -0.15) is 0 Å². The van der Waals surface area contributed by atoms with Crippen molar-refractivity contribution in [2.45, 2.75) is 68.1 Å². The molecule has 2 aliphatic heterocycles. The number of nitrogens with zero attached hydrogens (tertiary/aromatic N) is 3. The molecule has 1 N–H and O–H groups in total. The summed E-state index contributed by atoms with van der Waals surface area (Å²) in [6, 6.07) is 23.2. The predicted octanol–water partition coefficient (Wildman–Crippen LogP) is 6.21. The summed E-state index contributed by atoms with van der Waals surface area (Å²) in [5.41, 5.74) is 7.07. The molecule has 5 aliphatic rings. The van der Waals surface area contributed by atoms with Crippen LogP contribution in [0.1, 0.15) is 59.7 Å². The van der Waals surface area contributed by atoms with Crippen LogP contribution in [-0.2, 0) is 29.4 Å². The lowest BCUT2D eigenvalue weighted by Gasteiger charge is -2.64. The van der Waals surface area contributed by atoms with E-state index in [4.69, 9.17) is 14.5 Å². The molecule has 4 aromatic rings.